The topological polar surface area (TPSA) is 24.5 Å². The van der Waals surface area contributed by atoms with E-state index in [1.807, 2.05) is 0 Å². The fourth-order valence-corrected chi connectivity index (χ4v) is 2.73. The molecular weight excluding hydrogens is 188 g/mol. The molecule has 0 radical (unpaired) electrons. The highest BCUT2D eigenvalue weighted by molar-refractivity contribution is 4.77. The Kier molecular flexibility index (Phi) is 4.42. The Balaban J connectivity index is 1.72. The van der Waals surface area contributed by atoms with Gasteiger partial charge in [-0.25, -0.2) is 0 Å². The van der Waals surface area contributed by atoms with Crippen molar-refractivity contribution in [2.45, 2.75) is 44.2 Å². The largest absolute Gasteiger partial charge is 0.374 e. The second kappa shape index (κ2) is 5.83. The minimum Gasteiger partial charge on any atom is -0.374 e. The summed E-state index contributed by atoms with van der Waals surface area (Å²) in [7, 11) is 2.26. The molecule has 3 nitrogen and oxygen atoms in total. The molecule has 3 heteroatoms. The van der Waals surface area contributed by atoms with Crippen molar-refractivity contribution in [1.29, 1.82) is 0 Å². The summed E-state index contributed by atoms with van der Waals surface area (Å²) < 4.78 is 5.74. The molecule has 1 heterocycles. The summed E-state index contributed by atoms with van der Waals surface area (Å²) in [5.41, 5.74) is 0. The molecule has 0 spiro atoms. The molecule has 2 fully saturated rings. The molecule has 2 rings (SSSR count). The van der Waals surface area contributed by atoms with Crippen LogP contribution in [0, 0.1) is 0 Å². The summed E-state index contributed by atoms with van der Waals surface area (Å²) in [6.07, 6.45) is 7.45. The summed E-state index contributed by atoms with van der Waals surface area (Å²) in [6.45, 7) is 4.02. The van der Waals surface area contributed by atoms with Crippen molar-refractivity contribution in [1.82, 2.24) is 10.2 Å². The van der Waals surface area contributed by atoms with Gasteiger partial charge in [-0.15, -0.1) is 0 Å². The third-order valence-electron chi connectivity index (χ3n) is 3.69. The van der Waals surface area contributed by atoms with Gasteiger partial charge in [0.2, 0.25) is 0 Å². The van der Waals surface area contributed by atoms with Gasteiger partial charge in [-0.1, -0.05) is 19.3 Å². The molecular formula is C12H24N2O. The number of likely N-dealkylation sites (N-methyl/N-ethyl adjacent to an activating group) is 1. The summed E-state index contributed by atoms with van der Waals surface area (Å²) in [5, 5.41) is 3.39. The van der Waals surface area contributed by atoms with Crippen LogP contribution in [0.25, 0.3) is 0 Å². The maximum absolute atomic E-state index is 5.74. The fraction of sp³-hybridized carbons (Fsp3) is 1.00. The van der Waals surface area contributed by atoms with E-state index in [0.29, 0.717) is 6.10 Å². The zero-order chi connectivity index (χ0) is 10.5. The van der Waals surface area contributed by atoms with Crippen molar-refractivity contribution >= 4 is 0 Å². The van der Waals surface area contributed by atoms with Crippen LogP contribution in [0.3, 0.4) is 0 Å². The molecule has 0 bridgehead atoms. The normalized spacial score (nSPS) is 29.6. The van der Waals surface area contributed by atoms with E-state index in [-0.39, 0.29) is 0 Å². The number of ether oxygens (including phenoxy) is 1. The second-order valence-electron chi connectivity index (χ2n) is 4.93. The Morgan fingerprint density at radius 1 is 1.27 bits per heavy atom. The van der Waals surface area contributed by atoms with E-state index in [0.717, 1.165) is 32.3 Å². The van der Waals surface area contributed by atoms with Gasteiger partial charge < -0.3 is 15.0 Å². The van der Waals surface area contributed by atoms with Crippen LogP contribution in [0.4, 0.5) is 0 Å². The van der Waals surface area contributed by atoms with Crippen LogP contribution in [0.2, 0.25) is 0 Å². The maximum Gasteiger partial charge on any atom is 0.0826 e. The Hall–Kier alpha value is -0.120. The number of rotatable bonds is 3. The minimum absolute atomic E-state index is 0.408. The first kappa shape index (κ1) is 11.4. The number of hydrogen-bond acceptors (Lipinski definition) is 3. The van der Waals surface area contributed by atoms with E-state index in [4.69, 9.17) is 4.74 Å². The van der Waals surface area contributed by atoms with Gasteiger partial charge in [0.25, 0.3) is 0 Å². The zero-order valence-electron chi connectivity index (χ0n) is 9.87. The van der Waals surface area contributed by atoms with Crippen molar-refractivity contribution in [2.24, 2.45) is 0 Å². The lowest BCUT2D eigenvalue weighted by Crippen LogP contribution is -2.47. The lowest BCUT2D eigenvalue weighted by Gasteiger charge is -2.35. The summed E-state index contributed by atoms with van der Waals surface area (Å²) in [5.74, 6) is 0. The third kappa shape index (κ3) is 3.44. The first-order valence-electron chi connectivity index (χ1n) is 6.39. The van der Waals surface area contributed by atoms with Crippen LogP contribution in [-0.2, 0) is 4.74 Å². The lowest BCUT2D eigenvalue weighted by molar-refractivity contribution is -0.000203. The molecule has 0 aromatic rings. The van der Waals surface area contributed by atoms with Gasteiger partial charge in [-0.2, -0.15) is 0 Å². The van der Waals surface area contributed by atoms with Crippen molar-refractivity contribution in [3.05, 3.63) is 0 Å². The SMILES string of the molecule is CN(CC1CNCCO1)C1CCCCC1. The monoisotopic (exact) mass is 212 g/mol. The van der Waals surface area contributed by atoms with Gasteiger partial charge in [0.05, 0.1) is 12.7 Å². The van der Waals surface area contributed by atoms with Crippen molar-refractivity contribution < 1.29 is 4.74 Å². The number of nitrogens with zero attached hydrogens (tertiary/aromatic N) is 1. The van der Waals surface area contributed by atoms with Gasteiger partial charge in [0.15, 0.2) is 0 Å². The highest BCUT2D eigenvalue weighted by Crippen LogP contribution is 2.21. The molecule has 0 aromatic carbocycles. The Bertz CT molecular complexity index is 174. The van der Waals surface area contributed by atoms with Crippen LogP contribution in [-0.4, -0.2) is 50.3 Å². The highest BCUT2D eigenvalue weighted by atomic mass is 16.5. The lowest BCUT2D eigenvalue weighted by atomic mass is 9.94. The van der Waals surface area contributed by atoms with Crippen molar-refractivity contribution in [3.63, 3.8) is 0 Å². The van der Waals surface area contributed by atoms with E-state index in [2.05, 4.69) is 17.3 Å². The van der Waals surface area contributed by atoms with Crippen molar-refractivity contribution in [2.75, 3.05) is 33.3 Å². The number of hydrogen-bond donors (Lipinski definition) is 1. The molecule has 2 aliphatic rings. The highest BCUT2D eigenvalue weighted by Gasteiger charge is 2.22. The molecule has 88 valence electrons. The smallest absolute Gasteiger partial charge is 0.0826 e. The van der Waals surface area contributed by atoms with E-state index in [1.165, 1.54) is 32.1 Å². The molecule has 1 N–H and O–H groups in total. The average Bonchev–Trinajstić information content (AvgIpc) is 2.31. The summed E-state index contributed by atoms with van der Waals surface area (Å²) >= 11 is 0. The van der Waals surface area contributed by atoms with Crippen LogP contribution in [0.5, 0.6) is 0 Å². The van der Waals surface area contributed by atoms with Gasteiger partial charge in [-0.05, 0) is 19.9 Å². The van der Waals surface area contributed by atoms with E-state index < -0.39 is 0 Å². The van der Waals surface area contributed by atoms with Gasteiger partial charge in [0.1, 0.15) is 0 Å². The predicted molar refractivity (Wildman–Crippen MR) is 62.1 cm³/mol. The Morgan fingerprint density at radius 3 is 2.73 bits per heavy atom. The van der Waals surface area contributed by atoms with E-state index in [1.54, 1.807) is 0 Å². The molecule has 1 atom stereocenters. The number of morpholine rings is 1. The second-order valence-corrected chi connectivity index (χ2v) is 4.93. The standard InChI is InChI=1S/C12H24N2O/c1-14(11-5-3-2-4-6-11)10-12-9-13-7-8-15-12/h11-13H,2-10H2,1H3. The first-order chi connectivity index (χ1) is 7.36. The summed E-state index contributed by atoms with van der Waals surface area (Å²) in [4.78, 5) is 2.51. The average molecular weight is 212 g/mol. The minimum atomic E-state index is 0.408. The number of nitrogens with one attached hydrogen (secondary N) is 1. The maximum atomic E-state index is 5.74. The van der Waals surface area contributed by atoms with Crippen molar-refractivity contribution in [3.8, 4) is 0 Å². The molecule has 0 aromatic heterocycles. The zero-order valence-corrected chi connectivity index (χ0v) is 9.87. The predicted octanol–water partition coefficient (Wildman–Crippen LogP) is 1.24. The van der Waals surface area contributed by atoms with Gasteiger partial charge in [0, 0.05) is 25.7 Å². The van der Waals surface area contributed by atoms with E-state index >= 15 is 0 Å². The fourth-order valence-electron chi connectivity index (χ4n) is 2.73. The molecule has 1 aliphatic carbocycles. The third-order valence-corrected chi connectivity index (χ3v) is 3.69. The molecule has 0 amide bonds. The molecule has 1 aliphatic heterocycles. The van der Waals surface area contributed by atoms with Gasteiger partial charge in [-0.3, -0.25) is 0 Å². The molecule has 1 unspecified atom stereocenters. The van der Waals surface area contributed by atoms with Crippen LogP contribution < -0.4 is 5.32 Å². The van der Waals surface area contributed by atoms with Gasteiger partial charge >= 0.3 is 0 Å². The molecule has 1 saturated carbocycles. The van der Waals surface area contributed by atoms with Crippen LogP contribution >= 0.6 is 0 Å². The molecule has 15 heavy (non-hydrogen) atoms. The van der Waals surface area contributed by atoms with E-state index in [9.17, 15) is 0 Å². The quantitative estimate of drug-likeness (QED) is 0.762. The Labute approximate surface area is 93.2 Å². The molecule has 1 saturated heterocycles. The summed E-state index contributed by atoms with van der Waals surface area (Å²) in [6, 6.07) is 0.810. The van der Waals surface area contributed by atoms with Crippen LogP contribution in [0.15, 0.2) is 0 Å². The van der Waals surface area contributed by atoms with Crippen LogP contribution in [0.1, 0.15) is 32.1 Å². The first-order valence-corrected chi connectivity index (χ1v) is 6.39. The Morgan fingerprint density at radius 2 is 2.07 bits per heavy atom.